The molecule has 0 aliphatic carbocycles. The number of aromatic carboxylic acids is 1. The third-order valence-corrected chi connectivity index (χ3v) is 19.3. The highest BCUT2D eigenvalue weighted by Crippen LogP contribution is 2.44. The molecule has 0 atom stereocenters. The number of rotatable bonds is 17. The van der Waals surface area contributed by atoms with Gasteiger partial charge in [0.25, 0.3) is 30.1 Å². The molecule has 8 aromatic rings. The lowest BCUT2D eigenvalue weighted by molar-refractivity contribution is 0.0680. The Labute approximate surface area is 458 Å². The highest BCUT2D eigenvalue weighted by atomic mass is 35.5. The summed E-state index contributed by atoms with van der Waals surface area (Å²) >= 11 is 26.2. The molecule has 392 valence electrons. The number of phenols is 2. The number of carboxylic acid groups (broad SMARTS) is 1. The van der Waals surface area contributed by atoms with Gasteiger partial charge in [-0.1, -0.05) is 70.7 Å². The molecule has 0 unspecified atom stereocenters. The molecule has 0 saturated carbocycles. The Morgan fingerprint density at radius 1 is 0.526 bits per heavy atom. The van der Waals surface area contributed by atoms with Crippen molar-refractivity contribution in [3.05, 3.63) is 169 Å². The van der Waals surface area contributed by atoms with Gasteiger partial charge in [0.1, 0.15) is 73.2 Å². The average molecular weight is 1210 g/mol. The average Bonchev–Trinajstić information content (AvgIpc) is 3.96. The molecule has 8 rings (SSSR count). The molecule has 18 nitrogen and oxygen atoms in total. The number of benzene rings is 6. The summed E-state index contributed by atoms with van der Waals surface area (Å²) in [5.41, 5.74) is -2.27. The fourth-order valence-electron chi connectivity index (χ4n) is 6.99. The van der Waals surface area contributed by atoms with E-state index in [1.165, 1.54) is 43.5 Å². The largest absolute Gasteiger partial charge is 0.507 e. The Balaban J connectivity index is 1.11. The van der Waals surface area contributed by atoms with E-state index in [9.17, 15) is 59.3 Å². The van der Waals surface area contributed by atoms with Gasteiger partial charge < -0.3 is 29.5 Å². The Bertz CT molecular complexity index is 4040. The number of carbonyl (C=O) groups excluding carboxylic acids is 2. The molecule has 0 saturated heterocycles. The van der Waals surface area contributed by atoms with E-state index in [1.807, 2.05) is 0 Å². The molecular formula is C48H30Cl4FN3O15S5. The van der Waals surface area contributed by atoms with Crippen LogP contribution in [0.15, 0.2) is 141 Å². The van der Waals surface area contributed by atoms with Crippen LogP contribution in [0.5, 0.6) is 28.7 Å². The Morgan fingerprint density at radius 3 is 1.61 bits per heavy atom. The van der Waals surface area contributed by atoms with E-state index < -0.39 is 92.6 Å². The summed E-state index contributed by atoms with van der Waals surface area (Å²) in [7, 11) is -12.2. The van der Waals surface area contributed by atoms with E-state index in [2.05, 4.69) is 14.2 Å². The lowest BCUT2D eigenvalue weighted by atomic mass is 10.1. The zero-order chi connectivity index (χ0) is 55.0. The van der Waals surface area contributed by atoms with Gasteiger partial charge in [-0.15, -0.1) is 22.7 Å². The number of sulfonamides is 3. The monoisotopic (exact) mass is 1210 g/mol. The first-order valence-electron chi connectivity index (χ1n) is 20.9. The maximum Gasteiger partial charge on any atom is 0.347 e. The first-order valence-corrected chi connectivity index (χ1v) is 28.5. The van der Waals surface area contributed by atoms with Crippen LogP contribution < -0.4 is 28.4 Å². The molecule has 0 aliphatic heterocycles. The summed E-state index contributed by atoms with van der Waals surface area (Å²) in [5, 5.41) is 31.1. The maximum absolute atomic E-state index is 14.2. The van der Waals surface area contributed by atoms with E-state index >= 15 is 0 Å². The molecule has 6 N–H and O–H groups in total. The first-order chi connectivity index (χ1) is 35.8. The second-order valence-corrected chi connectivity index (χ2v) is 25.0. The number of hydrogen-bond donors (Lipinski definition) is 6. The van der Waals surface area contributed by atoms with Crippen LogP contribution in [0.4, 0.5) is 21.5 Å². The molecular weight excluding hydrogens is 1180 g/mol. The second kappa shape index (κ2) is 21.8. The molecule has 0 bridgehead atoms. The topological polar surface area (TPSA) is 278 Å². The molecule has 2 aromatic heterocycles. The SMILES string of the molecule is COc1ccc(F)cc1-c1cc(S(=O)(=O)Nc2ccc(C(=O)O)c(OC(=O)c3ccc(NS(=O)(=O)c4cc(-c5ccccc5O)c(Cl)s4)cc3OC(=O)c3ccc(NS(=O)(=O)c4cccc(Cl)c4Cl)cc3O)c2)sc1Cl. The van der Waals surface area contributed by atoms with Gasteiger partial charge in [-0.3, -0.25) is 14.2 Å². The Hall–Kier alpha value is -7.13. The zero-order valence-electron chi connectivity index (χ0n) is 37.8. The van der Waals surface area contributed by atoms with Gasteiger partial charge in [0, 0.05) is 40.5 Å². The Kier molecular flexibility index (Phi) is 15.8. The molecule has 76 heavy (non-hydrogen) atoms. The van der Waals surface area contributed by atoms with Gasteiger partial charge in [0.2, 0.25) is 0 Å². The molecule has 0 spiro atoms. The van der Waals surface area contributed by atoms with Crippen molar-refractivity contribution in [3.63, 3.8) is 0 Å². The number of aromatic hydroxyl groups is 2. The van der Waals surface area contributed by atoms with E-state index in [1.54, 1.807) is 12.1 Å². The summed E-state index contributed by atoms with van der Waals surface area (Å²) in [6.45, 7) is 0. The van der Waals surface area contributed by atoms with Crippen molar-refractivity contribution in [2.24, 2.45) is 0 Å². The smallest absolute Gasteiger partial charge is 0.347 e. The minimum Gasteiger partial charge on any atom is -0.507 e. The molecule has 6 aromatic carbocycles. The second-order valence-electron chi connectivity index (χ2n) is 15.5. The normalized spacial score (nSPS) is 11.7. The number of nitrogens with one attached hydrogen (secondary N) is 3. The highest BCUT2D eigenvalue weighted by Gasteiger charge is 2.29. The summed E-state index contributed by atoms with van der Waals surface area (Å²) in [6.07, 6.45) is 0. The fourth-order valence-corrected chi connectivity index (χ4v) is 14.4. The fraction of sp³-hybridized carbons (Fsp3) is 0.0208. The van der Waals surface area contributed by atoms with Crippen LogP contribution in [0.1, 0.15) is 31.1 Å². The molecule has 0 amide bonds. The number of ether oxygens (including phenoxy) is 3. The number of anilines is 3. The van der Waals surface area contributed by atoms with Crippen LogP contribution in [-0.2, 0) is 30.1 Å². The number of halogens is 5. The minimum absolute atomic E-state index is 0.00829. The quantitative estimate of drug-likeness (QED) is 0.0365. The zero-order valence-corrected chi connectivity index (χ0v) is 44.9. The Morgan fingerprint density at radius 2 is 1.04 bits per heavy atom. The standard InChI is InChI=1S/C48H30Cl4FN3O15S5/c1-69-37-16-9-23(53)17-31(37)33-22-42(73-45(33)52)76(67,68)55-25-11-14-29(46(59)60)38(19-25)70-48(62)30-15-12-26(56-75(65,66)41-21-32(44(51)72-41)27-5-2-3-7-35(27)57)20-39(30)71-47(61)28-13-10-24(18-36(28)58)54-74(63,64)40-8-4-6-34(49)43(40)50/h2-22,54-58H,1H3,(H,59,60). The number of esters is 2. The van der Waals surface area contributed by atoms with Crippen LogP contribution in [0.3, 0.4) is 0 Å². The number of phenolic OH excluding ortho intramolecular Hbond substituents is 2. The van der Waals surface area contributed by atoms with Crippen molar-refractivity contribution in [2.75, 3.05) is 21.3 Å². The molecule has 0 fully saturated rings. The van der Waals surface area contributed by atoms with E-state index in [0.717, 1.165) is 78.9 Å². The number of carbonyl (C=O) groups is 3. The summed E-state index contributed by atoms with van der Waals surface area (Å²) < 4.78 is 118. The predicted octanol–water partition coefficient (Wildman–Crippen LogP) is 11.9. The molecule has 0 aliphatic rings. The lowest BCUT2D eigenvalue weighted by Crippen LogP contribution is -2.18. The number of methoxy groups -OCH3 is 1. The van der Waals surface area contributed by atoms with Gasteiger partial charge >= 0.3 is 17.9 Å². The summed E-state index contributed by atoms with van der Waals surface area (Å²) in [4.78, 5) is 40.0. The van der Waals surface area contributed by atoms with Gasteiger partial charge in [-0.05, 0) is 84.9 Å². The third kappa shape index (κ3) is 11.8. The van der Waals surface area contributed by atoms with E-state index in [0.29, 0.717) is 22.7 Å². The number of para-hydroxylation sites is 1. The first kappa shape index (κ1) is 55.1. The summed E-state index contributed by atoms with van der Waals surface area (Å²) in [5.74, 6) is -7.56. The molecule has 28 heteroatoms. The van der Waals surface area contributed by atoms with Crippen LogP contribution in [0, 0.1) is 5.82 Å². The maximum atomic E-state index is 14.2. The van der Waals surface area contributed by atoms with Crippen molar-refractivity contribution in [3.8, 4) is 51.0 Å². The van der Waals surface area contributed by atoms with Crippen molar-refractivity contribution in [1.82, 2.24) is 0 Å². The lowest BCUT2D eigenvalue weighted by Gasteiger charge is -2.15. The highest BCUT2D eigenvalue weighted by molar-refractivity contribution is 7.95. The van der Waals surface area contributed by atoms with E-state index in [4.69, 9.17) is 60.6 Å². The van der Waals surface area contributed by atoms with Crippen LogP contribution in [0.2, 0.25) is 18.7 Å². The molecule has 2 heterocycles. The predicted molar refractivity (Wildman–Crippen MR) is 284 cm³/mol. The van der Waals surface area contributed by atoms with Crippen molar-refractivity contribution >= 4 is 134 Å². The van der Waals surface area contributed by atoms with Gasteiger partial charge in [-0.25, -0.2) is 44.0 Å². The van der Waals surface area contributed by atoms with Gasteiger partial charge in [0.05, 0.1) is 34.2 Å². The van der Waals surface area contributed by atoms with Crippen LogP contribution in [-0.4, -0.2) is 65.6 Å². The number of carboxylic acids is 1. The van der Waals surface area contributed by atoms with Crippen molar-refractivity contribution < 1.29 is 73.6 Å². The number of hydrogen-bond acceptors (Lipinski definition) is 16. The minimum atomic E-state index is -4.56. The molecule has 0 radical (unpaired) electrons. The van der Waals surface area contributed by atoms with Crippen LogP contribution >= 0.6 is 69.1 Å². The summed E-state index contributed by atoms with van der Waals surface area (Å²) in [6, 6.07) is 24.2. The number of thiophene rings is 2. The van der Waals surface area contributed by atoms with Crippen LogP contribution in [0.25, 0.3) is 22.3 Å². The van der Waals surface area contributed by atoms with Gasteiger partial charge in [-0.2, -0.15) is 0 Å². The van der Waals surface area contributed by atoms with E-state index in [-0.39, 0.29) is 78.0 Å². The third-order valence-electron chi connectivity index (χ3n) is 10.5. The van der Waals surface area contributed by atoms with Crippen molar-refractivity contribution in [1.29, 1.82) is 0 Å². The van der Waals surface area contributed by atoms with Gasteiger partial charge in [0.15, 0.2) is 0 Å². The van der Waals surface area contributed by atoms with Crippen molar-refractivity contribution in [2.45, 2.75) is 13.3 Å².